The number of alkyl carbamates (subject to hydrolysis) is 2. The van der Waals surface area contributed by atoms with Gasteiger partial charge in [0.05, 0.1) is 13.2 Å². The Kier molecular flexibility index (Phi) is 17.5. The molecule has 4 N–H and O–H groups in total. The smallest absolute Gasteiger partial charge is 0.407 e. The highest BCUT2D eigenvalue weighted by molar-refractivity contribution is 5.75. The van der Waals surface area contributed by atoms with Gasteiger partial charge in [0.25, 0.3) is 0 Å². The van der Waals surface area contributed by atoms with Gasteiger partial charge in [-0.2, -0.15) is 0 Å². The first-order valence-electron chi connectivity index (χ1n) is 21.0. The van der Waals surface area contributed by atoms with E-state index in [9.17, 15) is 14.4 Å². The normalized spacial score (nSPS) is 25.8. The van der Waals surface area contributed by atoms with Crippen LogP contribution in [0.2, 0.25) is 0 Å². The van der Waals surface area contributed by atoms with E-state index < -0.39 is 17.3 Å². The minimum absolute atomic E-state index is 0.0274. The summed E-state index contributed by atoms with van der Waals surface area (Å²) in [7, 11) is 4.06. The second kappa shape index (κ2) is 19.8. The second-order valence-corrected chi connectivity index (χ2v) is 21.4. The first kappa shape index (κ1) is 48.6. The van der Waals surface area contributed by atoms with Crippen LogP contribution in [0.15, 0.2) is 12.3 Å². The van der Waals surface area contributed by atoms with Gasteiger partial charge in [0.1, 0.15) is 11.2 Å². The summed E-state index contributed by atoms with van der Waals surface area (Å²) in [6.07, 6.45) is 6.82. The van der Waals surface area contributed by atoms with Gasteiger partial charge in [-0.25, -0.2) is 9.59 Å². The molecule has 2 saturated carbocycles. The summed E-state index contributed by atoms with van der Waals surface area (Å²) in [5.74, 6) is 0.484. The topological polar surface area (TPSA) is 130 Å². The van der Waals surface area contributed by atoms with Crippen LogP contribution < -0.4 is 21.3 Å². The Balaban J connectivity index is 1.92. The summed E-state index contributed by atoms with van der Waals surface area (Å²) in [5.41, 5.74) is -0.818. The van der Waals surface area contributed by atoms with Crippen molar-refractivity contribution < 1.29 is 28.6 Å². The summed E-state index contributed by atoms with van der Waals surface area (Å²) >= 11 is 0. The zero-order valence-electron chi connectivity index (χ0n) is 37.8. The summed E-state index contributed by atoms with van der Waals surface area (Å²) < 4.78 is 18.0. The lowest BCUT2D eigenvalue weighted by molar-refractivity contribution is -0.122. The maximum Gasteiger partial charge on any atom is 0.407 e. The molecule has 0 aliphatic heterocycles. The van der Waals surface area contributed by atoms with Crippen LogP contribution in [0.3, 0.4) is 0 Å². The summed E-state index contributed by atoms with van der Waals surface area (Å²) in [6.45, 7) is 34.9. The van der Waals surface area contributed by atoms with E-state index >= 15 is 0 Å². The third kappa shape index (κ3) is 17.7. The lowest BCUT2D eigenvalue weighted by Crippen LogP contribution is -2.52. The van der Waals surface area contributed by atoms with Crippen molar-refractivity contribution in [1.82, 2.24) is 26.2 Å². The molecule has 2 fully saturated rings. The molecule has 0 spiro atoms. The fourth-order valence-electron chi connectivity index (χ4n) is 9.00. The fourth-order valence-corrected chi connectivity index (χ4v) is 9.00. The molecule has 2 aliphatic carbocycles. The maximum absolute atomic E-state index is 13.4. The largest absolute Gasteiger partial charge is 0.450 e. The summed E-state index contributed by atoms with van der Waals surface area (Å²) in [4.78, 5) is 40.5. The van der Waals surface area contributed by atoms with E-state index in [1.54, 1.807) is 0 Å². The Labute approximate surface area is 336 Å². The molecule has 5 unspecified atom stereocenters. The van der Waals surface area contributed by atoms with Crippen molar-refractivity contribution in [3.05, 3.63) is 12.3 Å². The van der Waals surface area contributed by atoms with Gasteiger partial charge in [-0.3, -0.25) is 4.79 Å². The minimum atomic E-state index is -0.796. The minimum Gasteiger partial charge on any atom is -0.450 e. The van der Waals surface area contributed by atoms with Gasteiger partial charge in [0.2, 0.25) is 5.91 Å². The van der Waals surface area contributed by atoms with Gasteiger partial charge < -0.3 is 40.4 Å². The van der Waals surface area contributed by atoms with E-state index in [1.165, 1.54) is 0 Å². The SMILES string of the molecule is C=C(NC1CC(C)(C)CC(C)(CNC(=O)CCCN(C)C)C1)C(C)(C)OCC(C)C(C)(C)OC(=O)NC1CC(C)(C)CC(C)(CNC(=O)OCCC(C)C)C1. The average molecular weight is 778 g/mol. The zero-order valence-corrected chi connectivity index (χ0v) is 37.8. The van der Waals surface area contributed by atoms with Crippen LogP contribution in [0, 0.1) is 33.5 Å². The van der Waals surface area contributed by atoms with Crippen molar-refractivity contribution in [2.45, 2.75) is 171 Å². The standard InChI is InChI=1S/C44H83N5O6/c1-31(2)19-21-53-37(51)46-30-44(14)25-35(23-40(7,8)28-44)48-38(52)55-41(9,10)32(3)26-54-42(11,12)33(4)47-34-22-39(5,6)27-43(13,24-34)29-45-36(50)18-17-20-49(15)16/h31-32,34-35,47H,4,17-30H2,1-3,5-16H3,(H,45,50)(H,46,51)(H,48,52). The predicted octanol–water partition coefficient (Wildman–Crippen LogP) is 8.43. The number of carbonyl (C=O) groups is 3. The van der Waals surface area contributed by atoms with Crippen LogP contribution in [-0.2, 0) is 19.0 Å². The fraction of sp³-hybridized carbons (Fsp3) is 0.886. The van der Waals surface area contributed by atoms with Crippen molar-refractivity contribution in [1.29, 1.82) is 0 Å². The molecule has 2 rings (SSSR count). The summed E-state index contributed by atoms with van der Waals surface area (Å²) in [6, 6.07) is 0.105. The second-order valence-electron chi connectivity index (χ2n) is 21.4. The number of nitrogens with one attached hydrogen (secondary N) is 4. The molecule has 0 aromatic heterocycles. The number of hydrogen-bond donors (Lipinski definition) is 4. The highest BCUT2D eigenvalue weighted by Gasteiger charge is 2.44. The van der Waals surface area contributed by atoms with Gasteiger partial charge >= 0.3 is 12.2 Å². The van der Waals surface area contributed by atoms with E-state index in [4.69, 9.17) is 14.2 Å². The molecule has 0 aromatic carbocycles. The van der Waals surface area contributed by atoms with Crippen molar-refractivity contribution in [2.24, 2.45) is 33.5 Å². The Morgan fingerprint density at radius 2 is 1.33 bits per heavy atom. The monoisotopic (exact) mass is 778 g/mol. The zero-order chi connectivity index (χ0) is 42.0. The predicted molar refractivity (Wildman–Crippen MR) is 224 cm³/mol. The third-order valence-electron chi connectivity index (χ3n) is 11.9. The van der Waals surface area contributed by atoms with Gasteiger partial charge in [-0.05, 0) is 127 Å². The Bertz CT molecular complexity index is 1280. The molecular formula is C44H83N5O6. The summed E-state index contributed by atoms with van der Waals surface area (Å²) in [5, 5.41) is 13.1. The van der Waals surface area contributed by atoms with Gasteiger partial charge in [-0.15, -0.1) is 0 Å². The van der Waals surface area contributed by atoms with Gasteiger partial charge in [0, 0.05) is 43.2 Å². The molecule has 5 atom stereocenters. The molecule has 2 aliphatic rings. The lowest BCUT2D eigenvalue weighted by Gasteiger charge is -2.48. The maximum atomic E-state index is 13.4. The Morgan fingerprint density at radius 1 is 0.800 bits per heavy atom. The molecule has 0 bridgehead atoms. The van der Waals surface area contributed by atoms with E-state index in [1.807, 2.05) is 48.7 Å². The van der Waals surface area contributed by atoms with E-state index in [0.717, 1.165) is 63.6 Å². The molecule has 0 aromatic rings. The molecule has 11 heteroatoms. The van der Waals surface area contributed by atoms with Crippen LogP contribution >= 0.6 is 0 Å². The van der Waals surface area contributed by atoms with Crippen molar-refractivity contribution in [2.75, 3.05) is 46.9 Å². The number of nitrogens with zero attached hydrogens (tertiary/aromatic N) is 1. The average Bonchev–Trinajstić information content (AvgIpc) is 2.99. The number of ether oxygens (including phenoxy) is 3. The highest BCUT2D eigenvalue weighted by Crippen LogP contribution is 2.47. The Morgan fingerprint density at radius 3 is 1.85 bits per heavy atom. The molecule has 55 heavy (non-hydrogen) atoms. The van der Waals surface area contributed by atoms with Crippen LogP contribution in [0.5, 0.6) is 0 Å². The van der Waals surface area contributed by atoms with Crippen LogP contribution in [0.25, 0.3) is 0 Å². The molecule has 11 nitrogen and oxygen atoms in total. The molecule has 0 radical (unpaired) electrons. The number of carbonyl (C=O) groups excluding carboxylic acids is 3. The molecule has 0 saturated heterocycles. The van der Waals surface area contributed by atoms with E-state index in [0.29, 0.717) is 38.6 Å². The quantitative estimate of drug-likeness (QED) is 0.0970. The van der Waals surface area contributed by atoms with Crippen LogP contribution in [0.1, 0.15) is 148 Å². The first-order valence-corrected chi connectivity index (χ1v) is 21.0. The lowest BCUT2D eigenvalue weighted by atomic mass is 9.62. The molecule has 320 valence electrons. The van der Waals surface area contributed by atoms with Crippen molar-refractivity contribution >= 4 is 18.1 Å². The molecule has 3 amide bonds. The third-order valence-corrected chi connectivity index (χ3v) is 11.9. The van der Waals surface area contributed by atoms with Crippen molar-refractivity contribution in [3.63, 3.8) is 0 Å². The van der Waals surface area contributed by atoms with Gasteiger partial charge in [0.15, 0.2) is 0 Å². The van der Waals surface area contributed by atoms with E-state index in [2.05, 4.69) is 88.1 Å². The number of amides is 3. The van der Waals surface area contributed by atoms with E-state index in [-0.39, 0.29) is 51.7 Å². The highest BCUT2D eigenvalue weighted by atomic mass is 16.6. The Hall–Kier alpha value is -2.53. The number of hydrogen-bond acceptors (Lipinski definition) is 8. The number of rotatable bonds is 20. The molecular weight excluding hydrogens is 695 g/mol. The van der Waals surface area contributed by atoms with Crippen LogP contribution in [0.4, 0.5) is 9.59 Å². The molecule has 0 heterocycles. The van der Waals surface area contributed by atoms with Gasteiger partial charge in [-0.1, -0.05) is 68.9 Å². The first-order chi connectivity index (χ1) is 25.0. The van der Waals surface area contributed by atoms with Crippen LogP contribution in [-0.4, -0.2) is 93.2 Å². The van der Waals surface area contributed by atoms with Crippen molar-refractivity contribution in [3.8, 4) is 0 Å².